The maximum absolute atomic E-state index is 10.9. The lowest BCUT2D eigenvalue weighted by Crippen LogP contribution is -2.63. The number of hydrogen-bond donors (Lipinski definition) is 3. The molecule has 0 spiro atoms. The number of fused-ring (bicyclic) bond motifs is 5. The molecule has 4 saturated carbocycles. The standard InChI is InChI=1S/C19H32O3/c1-18-7-3-4-12(18)15-13(6-8-18)19(2)9-5-11(20)10-14(19)16(21)17(15)22/h11-17,20-22H,3-10H2,1-2H3/t11-,12-,13-,14+,15-,16+,17+,18-,19+/m0/s1. The van der Waals surface area contributed by atoms with E-state index in [1.807, 2.05) is 0 Å². The van der Waals surface area contributed by atoms with Gasteiger partial charge < -0.3 is 15.3 Å². The van der Waals surface area contributed by atoms with Crippen molar-refractivity contribution in [1.82, 2.24) is 0 Å². The van der Waals surface area contributed by atoms with Gasteiger partial charge in [-0.05, 0) is 79.4 Å². The van der Waals surface area contributed by atoms with E-state index in [9.17, 15) is 15.3 Å². The lowest BCUT2D eigenvalue weighted by Gasteiger charge is -2.63. The molecule has 0 aromatic carbocycles. The van der Waals surface area contributed by atoms with Gasteiger partial charge in [0.2, 0.25) is 0 Å². The van der Waals surface area contributed by atoms with Crippen molar-refractivity contribution in [2.75, 3.05) is 0 Å². The van der Waals surface area contributed by atoms with Gasteiger partial charge in [0, 0.05) is 0 Å². The van der Waals surface area contributed by atoms with Crippen molar-refractivity contribution in [3.8, 4) is 0 Å². The molecule has 4 rings (SSSR count). The van der Waals surface area contributed by atoms with Crippen LogP contribution in [0.4, 0.5) is 0 Å². The summed E-state index contributed by atoms with van der Waals surface area (Å²) in [6.07, 6.45) is 7.29. The molecule has 0 aliphatic heterocycles. The molecule has 4 aliphatic carbocycles. The normalized spacial score (nSPS) is 61.2. The summed E-state index contributed by atoms with van der Waals surface area (Å²) >= 11 is 0. The van der Waals surface area contributed by atoms with Crippen LogP contribution in [0.15, 0.2) is 0 Å². The second-order valence-corrected chi connectivity index (χ2v) is 9.40. The summed E-state index contributed by atoms with van der Waals surface area (Å²) in [5, 5.41) is 31.8. The molecule has 0 bridgehead atoms. The summed E-state index contributed by atoms with van der Waals surface area (Å²) in [7, 11) is 0. The van der Waals surface area contributed by atoms with E-state index in [2.05, 4.69) is 13.8 Å². The summed E-state index contributed by atoms with van der Waals surface area (Å²) < 4.78 is 0. The average molecular weight is 308 g/mol. The summed E-state index contributed by atoms with van der Waals surface area (Å²) in [4.78, 5) is 0. The quantitative estimate of drug-likeness (QED) is 0.645. The Bertz CT molecular complexity index is 452. The highest BCUT2D eigenvalue weighted by Gasteiger charge is 2.63. The van der Waals surface area contributed by atoms with Gasteiger partial charge in [-0.25, -0.2) is 0 Å². The van der Waals surface area contributed by atoms with Gasteiger partial charge in [-0.15, -0.1) is 0 Å². The zero-order valence-corrected chi connectivity index (χ0v) is 14.0. The van der Waals surface area contributed by atoms with Crippen molar-refractivity contribution in [2.24, 2.45) is 34.5 Å². The summed E-state index contributed by atoms with van der Waals surface area (Å²) in [6, 6.07) is 0. The molecular formula is C19H32O3. The van der Waals surface area contributed by atoms with Gasteiger partial charge in [0.25, 0.3) is 0 Å². The molecule has 4 aliphatic rings. The Morgan fingerprint density at radius 2 is 1.55 bits per heavy atom. The lowest BCUT2D eigenvalue weighted by atomic mass is 9.44. The van der Waals surface area contributed by atoms with Crippen LogP contribution < -0.4 is 0 Å². The van der Waals surface area contributed by atoms with Crippen molar-refractivity contribution in [2.45, 2.75) is 83.5 Å². The molecule has 0 amide bonds. The first-order valence-electron chi connectivity index (χ1n) is 9.41. The monoisotopic (exact) mass is 308 g/mol. The van der Waals surface area contributed by atoms with Gasteiger partial charge in [0.05, 0.1) is 18.3 Å². The molecule has 3 heteroatoms. The van der Waals surface area contributed by atoms with Crippen molar-refractivity contribution in [3.05, 3.63) is 0 Å². The van der Waals surface area contributed by atoms with Gasteiger partial charge in [0.1, 0.15) is 0 Å². The molecule has 0 aromatic rings. The number of rotatable bonds is 0. The maximum atomic E-state index is 10.9. The SMILES string of the molecule is C[C@@]12CCC[C@H]1[C@@H]1[C@@H](O)[C@H](O)[C@H]3C[C@@H](O)CC[C@]3(C)[C@H]1CC2. The fraction of sp³-hybridized carbons (Fsp3) is 1.00. The Hall–Kier alpha value is -0.120. The van der Waals surface area contributed by atoms with E-state index in [0.717, 1.165) is 12.8 Å². The molecule has 0 unspecified atom stereocenters. The van der Waals surface area contributed by atoms with E-state index in [4.69, 9.17) is 0 Å². The second-order valence-electron chi connectivity index (χ2n) is 9.40. The fourth-order valence-corrected chi connectivity index (χ4v) is 7.23. The fourth-order valence-electron chi connectivity index (χ4n) is 7.23. The first-order chi connectivity index (χ1) is 10.4. The van der Waals surface area contributed by atoms with Crippen LogP contribution in [0.2, 0.25) is 0 Å². The second kappa shape index (κ2) is 4.94. The van der Waals surface area contributed by atoms with Crippen LogP contribution in [0.5, 0.6) is 0 Å². The van der Waals surface area contributed by atoms with E-state index in [0.29, 0.717) is 23.7 Å². The Balaban J connectivity index is 1.71. The highest BCUT2D eigenvalue weighted by Crippen LogP contribution is 2.66. The van der Waals surface area contributed by atoms with Gasteiger partial charge in [-0.1, -0.05) is 20.3 Å². The van der Waals surface area contributed by atoms with Crippen LogP contribution >= 0.6 is 0 Å². The first-order valence-corrected chi connectivity index (χ1v) is 9.41. The largest absolute Gasteiger partial charge is 0.393 e. The minimum atomic E-state index is -0.649. The predicted molar refractivity (Wildman–Crippen MR) is 85.1 cm³/mol. The molecule has 0 aromatic heterocycles. The summed E-state index contributed by atoms with van der Waals surface area (Å²) in [6.45, 7) is 4.76. The van der Waals surface area contributed by atoms with E-state index in [1.54, 1.807) is 0 Å². The number of aliphatic hydroxyl groups excluding tert-OH is 3. The van der Waals surface area contributed by atoms with Gasteiger partial charge in [0.15, 0.2) is 0 Å². The Morgan fingerprint density at radius 1 is 0.773 bits per heavy atom. The maximum Gasteiger partial charge on any atom is 0.0836 e. The molecule has 9 atom stereocenters. The van der Waals surface area contributed by atoms with E-state index in [1.165, 1.54) is 32.1 Å². The van der Waals surface area contributed by atoms with Crippen LogP contribution in [-0.2, 0) is 0 Å². The highest BCUT2D eigenvalue weighted by atomic mass is 16.3. The molecule has 3 nitrogen and oxygen atoms in total. The lowest BCUT2D eigenvalue weighted by molar-refractivity contribution is -0.219. The molecule has 126 valence electrons. The van der Waals surface area contributed by atoms with E-state index in [-0.39, 0.29) is 23.4 Å². The molecule has 4 fully saturated rings. The van der Waals surface area contributed by atoms with Crippen LogP contribution in [0, 0.1) is 34.5 Å². The van der Waals surface area contributed by atoms with Crippen LogP contribution in [0.3, 0.4) is 0 Å². The molecule has 0 heterocycles. The zero-order valence-electron chi connectivity index (χ0n) is 14.0. The molecule has 3 N–H and O–H groups in total. The van der Waals surface area contributed by atoms with Crippen LogP contribution in [0.25, 0.3) is 0 Å². The van der Waals surface area contributed by atoms with Crippen molar-refractivity contribution >= 4 is 0 Å². The minimum absolute atomic E-state index is 0.0678. The number of hydrogen-bond acceptors (Lipinski definition) is 3. The first kappa shape index (κ1) is 15.4. The third kappa shape index (κ3) is 1.91. The number of aliphatic hydroxyl groups is 3. The molecule has 22 heavy (non-hydrogen) atoms. The van der Waals surface area contributed by atoms with Crippen molar-refractivity contribution in [1.29, 1.82) is 0 Å². The smallest absolute Gasteiger partial charge is 0.0836 e. The molecule has 0 radical (unpaired) electrons. The summed E-state index contributed by atoms with van der Waals surface area (Å²) in [5.41, 5.74) is 0.492. The minimum Gasteiger partial charge on any atom is -0.393 e. The Morgan fingerprint density at radius 3 is 2.32 bits per heavy atom. The average Bonchev–Trinajstić information content (AvgIpc) is 2.88. The van der Waals surface area contributed by atoms with E-state index < -0.39 is 12.2 Å². The van der Waals surface area contributed by atoms with Crippen LogP contribution in [0.1, 0.15) is 65.2 Å². The van der Waals surface area contributed by atoms with Gasteiger partial charge >= 0.3 is 0 Å². The Labute approximate surface area is 134 Å². The van der Waals surface area contributed by atoms with E-state index >= 15 is 0 Å². The van der Waals surface area contributed by atoms with Gasteiger partial charge in [-0.3, -0.25) is 0 Å². The molecule has 0 saturated heterocycles. The van der Waals surface area contributed by atoms with Gasteiger partial charge in [-0.2, -0.15) is 0 Å². The Kier molecular flexibility index (Phi) is 3.46. The third-order valence-electron chi connectivity index (χ3n) is 8.51. The predicted octanol–water partition coefficient (Wildman–Crippen LogP) is 2.72. The topological polar surface area (TPSA) is 60.7 Å². The zero-order chi connectivity index (χ0) is 15.7. The van der Waals surface area contributed by atoms with Crippen molar-refractivity contribution < 1.29 is 15.3 Å². The third-order valence-corrected chi connectivity index (χ3v) is 8.51. The molecular weight excluding hydrogens is 276 g/mol. The van der Waals surface area contributed by atoms with Crippen molar-refractivity contribution in [3.63, 3.8) is 0 Å². The van der Waals surface area contributed by atoms with Crippen LogP contribution in [-0.4, -0.2) is 33.6 Å². The highest BCUT2D eigenvalue weighted by molar-refractivity contribution is 5.12. The summed E-state index contributed by atoms with van der Waals surface area (Å²) in [5.74, 6) is 1.45.